The highest BCUT2D eigenvalue weighted by molar-refractivity contribution is 5.98. The minimum absolute atomic E-state index is 0.105. The molecule has 1 aliphatic rings. The molecule has 1 saturated heterocycles. The number of para-hydroxylation sites is 3. The third kappa shape index (κ3) is 3.43. The predicted octanol–water partition coefficient (Wildman–Crippen LogP) is 2.94. The molecule has 1 unspecified atom stereocenters. The fourth-order valence-corrected chi connectivity index (χ4v) is 3.40. The standard InChI is InChI=1S/C21H21N3O4/c1-26-18-9-5-6-15(20(18)27-2)21(25)24-11-10-14(13-24)28-19-12-22-16-7-3-4-8-17(16)23-19/h3-9,12,14H,10-11,13H2,1-2H3. The van der Waals surface area contributed by atoms with Crippen LogP contribution in [-0.2, 0) is 0 Å². The molecule has 2 heterocycles. The van der Waals surface area contributed by atoms with Gasteiger partial charge in [-0.15, -0.1) is 0 Å². The average molecular weight is 379 g/mol. The fraction of sp³-hybridized carbons (Fsp3) is 0.286. The Hall–Kier alpha value is -3.35. The van der Waals surface area contributed by atoms with Gasteiger partial charge in [0.25, 0.3) is 5.91 Å². The summed E-state index contributed by atoms with van der Waals surface area (Å²) >= 11 is 0. The number of nitrogens with zero attached hydrogens (tertiary/aromatic N) is 3. The first kappa shape index (κ1) is 18.0. The zero-order valence-corrected chi connectivity index (χ0v) is 15.8. The Morgan fingerprint density at radius 3 is 2.68 bits per heavy atom. The van der Waals surface area contributed by atoms with Gasteiger partial charge in [-0.1, -0.05) is 18.2 Å². The van der Waals surface area contributed by atoms with Gasteiger partial charge in [-0.25, -0.2) is 9.97 Å². The highest BCUT2D eigenvalue weighted by Crippen LogP contribution is 2.32. The van der Waals surface area contributed by atoms with E-state index in [9.17, 15) is 4.79 Å². The fourth-order valence-electron chi connectivity index (χ4n) is 3.40. The summed E-state index contributed by atoms with van der Waals surface area (Å²) in [4.78, 5) is 23.6. The Balaban J connectivity index is 1.47. The lowest BCUT2D eigenvalue weighted by Crippen LogP contribution is -2.31. The molecule has 0 spiro atoms. The van der Waals surface area contributed by atoms with Crippen molar-refractivity contribution < 1.29 is 19.0 Å². The van der Waals surface area contributed by atoms with Gasteiger partial charge in [0, 0.05) is 13.0 Å². The first-order chi connectivity index (χ1) is 13.7. The van der Waals surface area contributed by atoms with Crippen molar-refractivity contribution in [1.82, 2.24) is 14.9 Å². The summed E-state index contributed by atoms with van der Waals surface area (Å²) in [6, 6.07) is 12.9. The van der Waals surface area contributed by atoms with Crippen LogP contribution in [0.1, 0.15) is 16.8 Å². The molecule has 0 bridgehead atoms. The van der Waals surface area contributed by atoms with Crippen molar-refractivity contribution in [2.45, 2.75) is 12.5 Å². The lowest BCUT2D eigenvalue weighted by molar-refractivity contribution is 0.0767. The number of ether oxygens (including phenoxy) is 3. The third-order valence-corrected chi connectivity index (χ3v) is 4.78. The van der Waals surface area contributed by atoms with E-state index in [0.29, 0.717) is 36.0 Å². The van der Waals surface area contributed by atoms with Crippen molar-refractivity contribution in [2.24, 2.45) is 0 Å². The van der Waals surface area contributed by atoms with Gasteiger partial charge >= 0.3 is 0 Å². The van der Waals surface area contributed by atoms with E-state index in [1.54, 1.807) is 36.4 Å². The second-order valence-corrected chi connectivity index (χ2v) is 6.52. The van der Waals surface area contributed by atoms with Crippen LogP contribution in [0.15, 0.2) is 48.7 Å². The molecular formula is C21H21N3O4. The maximum absolute atomic E-state index is 13.0. The number of rotatable bonds is 5. The van der Waals surface area contributed by atoms with E-state index in [2.05, 4.69) is 9.97 Å². The van der Waals surface area contributed by atoms with Crippen LogP contribution in [0.2, 0.25) is 0 Å². The topological polar surface area (TPSA) is 73.8 Å². The Labute approximate surface area is 162 Å². The van der Waals surface area contributed by atoms with Gasteiger partial charge in [-0.05, 0) is 24.3 Å². The zero-order valence-electron chi connectivity index (χ0n) is 15.8. The number of carbonyl (C=O) groups is 1. The Kier molecular flexibility index (Phi) is 4.97. The summed E-state index contributed by atoms with van der Waals surface area (Å²) in [5.74, 6) is 1.34. The quantitative estimate of drug-likeness (QED) is 0.679. The molecule has 0 saturated carbocycles. The second-order valence-electron chi connectivity index (χ2n) is 6.52. The summed E-state index contributed by atoms with van der Waals surface area (Å²) in [5, 5.41) is 0. The van der Waals surface area contributed by atoms with E-state index in [-0.39, 0.29) is 12.0 Å². The predicted molar refractivity (Wildman–Crippen MR) is 104 cm³/mol. The largest absolute Gasteiger partial charge is 0.493 e. The average Bonchev–Trinajstić information content (AvgIpc) is 3.20. The number of likely N-dealkylation sites (tertiary alicyclic amines) is 1. The molecule has 0 radical (unpaired) electrons. The van der Waals surface area contributed by atoms with E-state index >= 15 is 0 Å². The monoisotopic (exact) mass is 379 g/mol. The lowest BCUT2D eigenvalue weighted by Gasteiger charge is -2.19. The van der Waals surface area contributed by atoms with Gasteiger partial charge in [0.05, 0.1) is 43.6 Å². The summed E-state index contributed by atoms with van der Waals surface area (Å²) in [5.41, 5.74) is 2.09. The Morgan fingerprint density at radius 2 is 1.89 bits per heavy atom. The van der Waals surface area contributed by atoms with Crippen LogP contribution in [0.4, 0.5) is 0 Å². The first-order valence-electron chi connectivity index (χ1n) is 9.08. The van der Waals surface area contributed by atoms with Crippen molar-refractivity contribution in [1.29, 1.82) is 0 Å². The Morgan fingerprint density at radius 1 is 1.07 bits per heavy atom. The molecule has 1 amide bonds. The molecule has 1 fully saturated rings. The number of methoxy groups -OCH3 is 2. The van der Waals surface area contributed by atoms with Crippen LogP contribution in [0.25, 0.3) is 11.0 Å². The SMILES string of the molecule is COc1cccc(C(=O)N2CCC(Oc3cnc4ccccc4n3)C2)c1OC. The maximum Gasteiger partial charge on any atom is 0.257 e. The van der Waals surface area contributed by atoms with Gasteiger partial charge in [-0.3, -0.25) is 4.79 Å². The third-order valence-electron chi connectivity index (χ3n) is 4.78. The minimum atomic E-state index is -0.129. The minimum Gasteiger partial charge on any atom is -0.493 e. The van der Waals surface area contributed by atoms with Crippen molar-refractivity contribution in [2.75, 3.05) is 27.3 Å². The summed E-state index contributed by atoms with van der Waals surface area (Å²) in [7, 11) is 3.08. The highest BCUT2D eigenvalue weighted by Gasteiger charge is 2.30. The van der Waals surface area contributed by atoms with Crippen molar-refractivity contribution in [3.05, 3.63) is 54.2 Å². The molecule has 3 aromatic rings. The van der Waals surface area contributed by atoms with E-state index < -0.39 is 0 Å². The van der Waals surface area contributed by atoms with E-state index in [0.717, 1.165) is 17.5 Å². The molecule has 0 N–H and O–H groups in total. The molecule has 1 aliphatic heterocycles. The smallest absolute Gasteiger partial charge is 0.257 e. The van der Waals surface area contributed by atoms with Gasteiger partial charge in [0.2, 0.25) is 5.88 Å². The number of carbonyl (C=O) groups excluding carboxylic acids is 1. The van der Waals surface area contributed by atoms with Gasteiger partial charge < -0.3 is 19.1 Å². The summed E-state index contributed by atoms with van der Waals surface area (Å²) in [6.45, 7) is 1.08. The number of aromatic nitrogens is 2. The second kappa shape index (κ2) is 7.72. The maximum atomic E-state index is 13.0. The first-order valence-corrected chi connectivity index (χ1v) is 9.08. The van der Waals surface area contributed by atoms with Crippen molar-refractivity contribution in [3.8, 4) is 17.4 Å². The molecule has 7 heteroatoms. The molecule has 144 valence electrons. The molecule has 1 atom stereocenters. The molecule has 7 nitrogen and oxygen atoms in total. The zero-order chi connectivity index (χ0) is 19.5. The number of amides is 1. The van der Waals surface area contributed by atoms with E-state index in [1.807, 2.05) is 24.3 Å². The molecule has 2 aromatic carbocycles. The highest BCUT2D eigenvalue weighted by atomic mass is 16.5. The van der Waals surface area contributed by atoms with Gasteiger partial charge in [0.15, 0.2) is 11.5 Å². The van der Waals surface area contributed by atoms with E-state index in [4.69, 9.17) is 14.2 Å². The summed E-state index contributed by atoms with van der Waals surface area (Å²) in [6.07, 6.45) is 2.22. The molecule has 28 heavy (non-hydrogen) atoms. The Bertz CT molecular complexity index is 1010. The number of hydrogen-bond donors (Lipinski definition) is 0. The van der Waals surface area contributed by atoms with Crippen molar-refractivity contribution >= 4 is 16.9 Å². The van der Waals surface area contributed by atoms with Crippen LogP contribution >= 0.6 is 0 Å². The van der Waals surface area contributed by atoms with Gasteiger partial charge in [0.1, 0.15) is 6.10 Å². The van der Waals surface area contributed by atoms with Crippen LogP contribution in [0.3, 0.4) is 0 Å². The molecule has 1 aromatic heterocycles. The normalized spacial score (nSPS) is 16.2. The molecular weight excluding hydrogens is 358 g/mol. The van der Waals surface area contributed by atoms with Crippen LogP contribution < -0.4 is 14.2 Å². The molecule has 4 rings (SSSR count). The number of benzene rings is 2. The lowest BCUT2D eigenvalue weighted by atomic mass is 10.1. The van der Waals surface area contributed by atoms with Crippen LogP contribution in [-0.4, -0.2) is 54.2 Å². The van der Waals surface area contributed by atoms with E-state index in [1.165, 1.54) is 7.11 Å². The van der Waals surface area contributed by atoms with Gasteiger partial charge in [-0.2, -0.15) is 0 Å². The number of hydrogen-bond acceptors (Lipinski definition) is 6. The molecule has 0 aliphatic carbocycles. The number of fused-ring (bicyclic) bond motifs is 1. The summed E-state index contributed by atoms with van der Waals surface area (Å²) < 4.78 is 16.7. The van der Waals surface area contributed by atoms with Crippen LogP contribution in [0.5, 0.6) is 17.4 Å². The van der Waals surface area contributed by atoms with Crippen LogP contribution in [0, 0.1) is 0 Å². The van der Waals surface area contributed by atoms with Crippen molar-refractivity contribution in [3.63, 3.8) is 0 Å².